The molecule has 6 heteroatoms. The van der Waals surface area contributed by atoms with Gasteiger partial charge in [0.15, 0.2) is 0 Å². The topological polar surface area (TPSA) is 56.1 Å². The highest BCUT2D eigenvalue weighted by Gasteiger charge is 2.34. The maximum atomic E-state index is 14.3. The number of anilines is 1. The lowest BCUT2D eigenvalue weighted by molar-refractivity contribution is -0.124. The molecule has 2 aliphatic rings. The number of piperidine rings is 1. The predicted octanol–water partition coefficient (Wildman–Crippen LogP) is 5.34. The van der Waals surface area contributed by atoms with Gasteiger partial charge in [0.2, 0.25) is 5.91 Å². The molecule has 1 N–H and O–H groups in total. The molecule has 4 rings (SSSR count). The van der Waals surface area contributed by atoms with Gasteiger partial charge < -0.3 is 15.0 Å². The van der Waals surface area contributed by atoms with E-state index in [0.29, 0.717) is 30.7 Å². The third kappa shape index (κ3) is 5.33. The molecule has 2 heterocycles. The van der Waals surface area contributed by atoms with Gasteiger partial charge in [0.1, 0.15) is 5.82 Å². The Morgan fingerprint density at radius 2 is 1.82 bits per heavy atom. The zero-order valence-electron chi connectivity index (χ0n) is 20.6. The fourth-order valence-electron chi connectivity index (χ4n) is 5.68. The lowest BCUT2D eigenvalue weighted by Crippen LogP contribution is -2.46. The van der Waals surface area contributed by atoms with Crippen LogP contribution < -0.4 is 4.90 Å². The number of carbonyl (C=O) groups excluding carboxylic acids is 1. The molecule has 2 aromatic carbocycles. The first-order chi connectivity index (χ1) is 16.4. The number of hydrogen-bond donors (Lipinski definition) is 1. The van der Waals surface area contributed by atoms with E-state index in [2.05, 4.69) is 10.1 Å². The SMILES string of the molecule is Cc1cc(/C(CCN2CCCC2)=N\O)cc(C)c1N1CC(Cc2ccccc2F)CC(C)C1=O. The van der Waals surface area contributed by atoms with Gasteiger partial charge in [-0.1, -0.05) is 30.3 Å². The number of benzene rings is 2. The summed E-state index contributed by atoms with van der Waals surface area (Å²) in [6, 6.07) is 11.0. The first kappa shape index (κ1) is 24.4. The maximum Gasteiger partial charge on any atom is 0.229 e. The number of likely N-dealkylation sites (tertiary alicyclic amines) is 1. The van der Waals surface area contributed by atoms with Crippen molar-refractivity contribution in [2.24, 2.45) is 17.0 Å². The minimum absolute atomic E-state index is 0.112. The fraction of sp³-hybridized carbons (Fsp3) is 0.500. The Balaban J connectivity index is 1.54. The van der Waals surface area contributed by atoms with Crippen molar-refractivity contribution in [2.45, 2.75) is 52.9 Å². The van der Waals surface area contributed by atoms with Crippen LogP contribution in [0.1, 0.15) is 54.9 Å². The largest absolute Gasteiger partial charge is 0.411 e. The molecular formula is C28H36FN3O2. The second-order valence-electron chi connectivity index (χ2n) is 10.1. The molecule has 2 fully saturated rings. The Morgan fingerprint density at radius 3 is 2.47 bits per heavy atom. The van der Waals surface area contributed by atoms with Crippen molar-refractivity contribution in [3.05, 3.63) is 64.5 Å². The van der Waals surface area contributed by atoms with Crippen LogP contribution in [0.25, 0.3) is 0 Å². The summed E-state index contributed by atoms with van der Waals surface area (Å²) in [7, 11) is 0. The van der Waals surface area contributed by atoms with E-state index in [4.69, 9.17) is 0 Å². The molecule has 0 bridgehead atoms. The highest BCUT2D eigenvalue weighted by molar-refractivity contribution is 6.02. The lowest BCUT2D eigenvalue weighted by Gasteiger charge is -2.38. The van der Waals surface area contributed by atoms with Crippen molar-refractivity contribution in [2.75, 3.05) is 31.1 Å². The molecular weight excluding hydrogens is 429 g/mol. The van der Waals surface area contributed by atoms with Gasteiger partial charge in [-0.3, -0.25) is 4.79 Å². The van der Waals surface area contributed by atoms with Crippen molar-refractivity contribution in [3.8, 4) is 0 Å². The molecule has 1 amide bonds. The molecule has 0 saturated carbocycles. The Bertz CT molecular complexity index is 1040. The predicted molar refractivity (Wildman–Crippen MR) is 134 cm³/mol. The Hall–Kier alpha value is -2.73. The van der Waals surface area contributed by atoms with Crippen molar-refractivity contribution in [1.29, 1.82) is 0 Å². The summed E-state index contributed by atoms with van der Waals surface area (Å²) in [4.78, 5) is 17.5. The summed E-state index contributed by atoms with van der Waals surface area (Å²) in [5.74, 6) is 0.0195. The second-order valence-corrected chi connectivity index (χ2v) is 10.1. The number of oxime groups is 1. The van der Waals surface area contributed by atoms with E-state index >= 15 is 0 Å². The summed E-state index contributed by atoms with van der Waals surface area (Å²) in [6.07, 6.45) is 4.54. The number of aryl methyl sites for hydroxylation is 2. The molecule has 0 radical (unpaired) electrons. The normalized spacial score (nSPS) is 21.9. The third-order valence-electron chi connectivity index (χ3n) is 7.36. The van der Waals surface area contributed by atoms with Crippen LogP contribution in [0, 0.1) is 31.5 Å². The first-order valence-corrected chi connectivity index (χ1v) is 12.5. The van der Waals surface area contributed by atoms with Crippen molar-refractivity contribution < 1.29 is 14.4 Å². The first-order valence-electron chi connectivity index (χ1n) is 12.5. The third-order valence-corrected chi connectivity index (χ3v) is 7.36. The molecule has 2 saturated heterocycles. The van der Waals surface area contributed by atoms with Crippen LogP contribution in [0.2, 0.25) is 0 Å². The van der Waals surface area contributed by atoms with Crippen molar-refractivity contribution >= 4 is 17.3 Å². The molecule has 2 unspecified atom stereocenters. The van der Waals surface area contributed by atoms with Crippen molar-refractivity contribution in [1.82, 2.24) is 4.90 Å². The molecule has 2 aliphatic heterocycles. The molecule has 2 atom stereocenters. The molecule has 0 aromatic heterocycles. The van der Waals surface area contributed by atoms with E-state index < -0.39 is 0 Å². The molecule has 0 aliphatic carbocycles. The number of nitrogens with zero attached hydrogens (tertiary/aromatic N) is 3. The zero-order chi connectivity index (χ0) is 24.2. The summed E-state index contributed by atoms with van der Waals surface area (Å²) in [6.45, 7) is 9.68. The number of rotatable bonds is 7. The van der Waals surface area contributed by atoms with E-state index in [1.54, 1.807) is 6.07 Å². The van der Waals surface area contributed by atoms with E-state index in [9.17, 15) is 14.4 Å². The average Bonchev–Trinajstić information content (AvgIpc) is 3.32. The Morgan fingerprint density at radius 1 is 1.15 bits per heavy atom. The van der Waals surface area contributed by atoms with Gasteiger partial charge in [-0.25, -0.2) is 4.39 Å². The minimum atomic E-state index is -0.180. The molecule has 34 heavy (non-hydrogen) atoms. The van der Waals surface area contributed by atoms with Gasteiger partial charge in [-0.05, 0) is 93.4 Å². The Labute approximate surface area is 202 Å². The summed E-state index contributed by atoms with van der Waals surface area (Å²) in [5, 5.41) is 13.3. The second kappa shape index (κ2) is 10.7. The van der Waals surface area contributed by atoms with Crippen LogP contribution in [0.5, 0.6) is 0 Å². The maximum absolute atomic E-state index is 14.3. The van der Waals surface area contributed by atoms with Crippen LogP contribution >= 0.6 is 0 Å². The quantitative estimate of drug-likeness (QED) is 0.341. The zero-order valence-corrected chi connectivity index (χ0v) is 20.6. The van der Waals surface area contributed by atoms with Gasteiger partial charge in [-0.2, -0.15) is 0 Å². The van der Waals surface area contributed by atoms with Gasteiger partial charge in [0, 0.05) is 36.7 Å². The Kier molecular flexibility index (Phi) is 7.67. The van der Waals surface area contributed by atoms with Crippen LogP contribution in [0.15, 0.2) is 41.6 Å². The van der Waals surface area contributed by atoms with Gasteiger partial charge in [0.25, 0.3) is 0 Å². The van der Waals surface area contributed by atoms with Crippen LogP contribution in [0.3, 0.4) is 0 Å². The molecule has 182 valence electrons. The van der Waals surface area contributed by atoms with E-state index in [1.165, 1.54) is 18.9 Å². The van der Waals surface area contributed by atoms with Crippen LogP contribution in [0.4, 0.5) is 10.1 Å². The summed E-state index contributed by atoms with van der Waals surface area (Å²) < 4.78 is 14.3. The number of hydrogen-bond acceptors (Lipinski definition) is 4. The van der Waals surface area contributed by atoms with Gasteiger partial charge >= 0.3 is 0 Å². The smallest absolute Gasteiger partial charge is 0.229 e. The average molecular weight is 466 g/mol. The monoisotopic (exact) mass is 465 g/mol. The van der Waals surface area contributed by atoms with E-state index in [0.717, 1.165) is 48.4 Å². The molecule has 0 spiro atoms. The summed E-state index contributed by atoms with van der Waals surface area (Å²) >= 11 is 0. The van der Waals surface area contributed by atoms with E-state index in [1.807, 2.05) is 49.9 Å². The lowest BCUT2D eigenvalue weighted by atomic mass is 9.84. The number of halogens is 1. The highest BCUT2D eigenvalue weighted by Crippen LogP contribution is 2.34. The summed E-state index contributed by atoms with van der Waals surface area (Å²) in [5.41, 5.74) is 5.20. The minimum Gasteiger partial charge on any atom is -0.411 e. The van der Waals surface area contributed by atoms with Gasteiger partial charge in [-0.15, -0.1) is 0 Å². The molecule has 5 nitrogen and oxygen atoms in total. The van der Waals surface area contributed by atoms with E-state index in [-0.39, 0.29) is 23.6 Å². The number of amides is 1. The standard InChI is InChI=1S/C28H36FN3O2/c1-19-15-24(26(30-34)10-13-31-11-6-7-12-31)16-20(2)27(19)32-18-22(14-21(3)28(32)33)17-23-8-4-5-9-25(23)29/h4-5,8-9,15-16,21-22,34H,6-7,10-14,17-18H2,1-3H3/b30-26-. The van der Waals surface area contributed by atoms with Gasteiger partial charge in [0.05, 0.1) is 5.71 Å². The van der Waals surface area contributed by atoms with Crippen LogP contribution in [-0.2, 0) is 11.2 Å². The molecule has 2 aromatic rings. The van der Waals surface area contributed by atoms with Crippen LogP contribution in [-0.4, -0.2) is 47.9 Å². The number of carbonyl (C=O) groups is 1. The van der Waals surface area contributed by atoms with Crippen molar-refractivity contribution in [3.63, 3.8) is 0 Å². The highest BCUT2D eigenvalue weighted by atomic mass is 19.1. The fourth-order valence-corrected chi connectivity index (χ4v) is 5.68.